The number of benzene rings is 1. The smallest absolute Gasteiger partial charge is 0.241 e. The number of nitrogens with zero attached hydrogens (tertiary/aromatic N) is 1. The van der Waals surface area contributed by atoms with E-state index in [-0.39, 0.29) is 4.90 Å². The number of aromatic nitrogens is 1. The standard InChI is InChI=1S/C13H13F3N2O2S2/c1-9-8-21-12(18-9)10-2-4-11(5-3-10)22(19,20)17-7-6-13(14,15)16/h2-5,8,17H,6-7H2,1H3. The van der Waals surface area contributed by atoms with E-state index < -0.39 is 29.2 Å². The van der Waals surface area contributed by atoms with Crippen LogP contribution < -0.4 is 4.72 Å². The van der Waals surface area contributed by atoms with Crippen molar-refractivity contribution in [3.63, 3.8) is 0 Å². The summed E-state index contributed by atoms with van der Waals surface area (Å²) in [6.45, 7) is 1.17. The van der Waals surface area contributed by atoms with Crippen LogP contribution >= 0.6 is 11.3 Å². The van der Waals surface area contributed by atoms with E-state index in [1.54, 1.807) is 12.1 Å². The quantitative estimate of drug-likeness (QED) is 0.900. The van der Waals surface area contributed by atoms with Gasteiger partial charge in [0, 0.05) is 23.2 Å². The first-order valence-electron chi connectivity index (χ1n) is 6.26. The van der Waals surface area contributed by atoms with Gasteiger partial charge in [-0.25, -0.2) is 18.1 Å². The molecule has 9 heteroatoms. The molecule has 0 aliphatic rings. The molecule has 0 amide bonds. The molecule has 0 bridgehead atoms. The Morgan fingerprint density at radius 3 is 2.36 bits per heavy atom. The molecule has 0 spiro atoms. The molecule has 120 valence electrons. The Bertz CT molecular complexity index is 737. The lowest BCUT2D eigenvalue weighted by Gasteiger charge is -2.09. The van der Waals surface area contributed by atoms with Gasteiger partial charge in [-0.15, -0.1) is 11.3 Å². The van der Waals surface area contributed by atoms with Crippen LogP contribution in [0.25, 0.3) is 10.6 Å². The number of nitrogens with one attached hydrogen (secondary N) is 1. The van der Waals surface area contributed by atoms with Crippen molar-refractivity contribution in [3.05, 3.63) is 35.3 Å². The predicted octanol–water partition coefficient (Wildman–Crippen LogP) is 3.35. The second kappa shape index (κ2) is 6.35. The zero-order valence-corrected chi connectivity index (χ0v) is 13.1. The third kappa shape index (κ3) is 4.52. The topological polar surface area (TPSA) is 59.1 Å². The van der Waals surface area contributed by atoms with Crippen LogP contribution in [-0.4, -0.2) is 26.1 Å². The molecular weight excluding hydrogens is 337 g/mol. The van der Waals surface area contributed by atoms with Crippen LogP contribution in [0.5, 0.6) is 0 Å². The molecule has 4 nitrogen and oxygen atoms in total. The summed E-state index contributed by atoms with van der Waals surface area (Å²) in [6, 6.07) is 5.86. The van der Waals surface area contributed by atoms with Crippen molar-refractivity contribution in [2.45, 2.75) is 24.4 Å². The number of aryl methyl sites for hydroxylation is 1. The van der Waals surface area contributed by atoms with Crippen molar-refractivity contribution in [2.75, 3.05) is 6.54 Å². The van der Waals surface area contributed by atoms with Gasteiger partial charge in [0.05, 0.1) is 11.3 Å². The molecule has 1 aromatic heterocycles. The zero-order valence-electron chi connectivity index (χ0n) is 11.5. The van der Waals surface area contributed by atoms with E-state index in [0.29, 0.717) is 0 Å². The molecule has 1 N–H and O–H groups in total. The lowest BCUT2D eigenvalue weighted by Crippen LogP contribution is -2.28. The van der Waals surface area contributed by atoms with Crippen molar-refractivity contribution in [2.24, 2.45) is 0 Å². The summed E-state index contributed by atoms with van der Waals surface area (Å²) in [4.78, 5) is 4.20. The fourth-order valence-corrected chi connectivity index (χ4v) is 3.51. The first-order chi connectivity index (χ1) is 10.2. The number of halogens is 3. The van der Waals surface area contributed by atoms with Crippen molar-refractivity contribution >= 4 is 21.4 Å². The molecule has 2 rings (SSSR count). The molecule has 0 aliphatic carbocycles. The highest BCUT2D eigenvalue weighted by atomic mass is 32.2. The Balaban J connectivity index is 2.09. The zero-order chi connectivity index (χ0) is 16.4. The fraction of sp³-hybridized carbons (Fsp3) is 0.308. The number of sulfonamides is 1. The third-order valence-electron chi connectivity index (χ3n) is 2.73. The monoisotopic (exact) mass is 350 g/mol. The van der Waals surface area contributed by atoms with Crippen LogP contribution in [0.2, 0.25) is 0 Å². The molecule has 1 aromatic carbocycles. The van der Waals surface area contributed by atoms with Crippen molar-refractivity contribution in [3.8, 4) is 10.6 Å². The van der Waals surface area contributed by atoms with Gasteiger partial charge in [-0.2, -0.15) is 13.2 Å². The Labute approximate surface area is 130 Å². The summed E-state index contributed by atoms with van der Waals surface area (Å²) >= 11 is 1.43. The van der Waals surface area contributed by atoms with Gasteiger partial charge >= 0.3 is 6.18 Å². The van der Waals surface area contributed by atoms with Gasteiger partial charge in [0.15, 0.2) is 0 Å². The van der Waals surface area contributed by atoms with Crippen molar-refractivity contribution < 1.29 is 21.6 Å². The summed E-state index contributed by atoms with van der Waals surface area (Å²) in [5, 5.41) is 2.63. The third-order valence-corrected chi connectivity index (χ3v) is 5.22. The normalized spacial score (nSPS) is 12.5. The van der Waals surface area contributed by atoms with Crippen molar-refractivity contribution in [1.29, 1.82) is 0 Å². The predicted molar refractivity (Wildman–Crippen MR) is 78.1 cm³/mol. The molecule has 0 aliphatic heterocycles. The van der Waals surface area contributed by atoms with E-state index in [2.05, 4.69) is 4.98 Å². The summed E-state index contributed by atoms with van der Waals surface area (Å²) in [5.74, 6) is 0. The Morgan fingerprint density at radius 2 is 1.86 bits per heavy atom. The first kappa shape index (κ1) is 16.9. The number of alkyl halides is 3. The summed E-state index contributed by atoms with van der Waals surface area (Å²) in [5.41, 5.74) is 1.62. The van der Waals surface area contributed by atoms with Gasteiger partial charge in [0.2, 0.25) is 10.0 Å². The Morgan fingerprint density at radius 1 is 1.23 bits per heavy atom. The maximum atomic E-state index is 12.0. The van der Waals surface area contributed by atoms with Gasteiger partial charge < -0.3 is 0 Å². The minimum absolute atomic E-state index is 0.0771. The largest absolute Gasteiger partial charge is 0.390 e. The highest BCUT2D eigenvalue weighted by Gasteiger charge is 2.27. The maximum Gasteiger partial charge on any atom is 0.390 e. The average molecular weight is 350 g/mol. The van der Waals surface area contributed by atoms with Gasteiger partial charge in [-0.05, 0) is 19.1 Å². The molecule has 0 saturated carbocycles. The van der Waals surface area contributed by atoms with E-state index >= 15 is 0 Å². The fourth-order valence-electron chi connectivity index (χ4n) is 1.67. The highest BCUT2D eigenvalue weighted by molar-refractivity contribution is 7.89. The lowest BCUT2D eigenvalue weighted by atomic mass is 10.2. The minimum atomic E-state index is -4.39. The number of hydrogen-bond acceptors (Lipinski definition) is 4. The average Bonchev–Trinajstić information content (AvgIpc) is 2.84. The number of rotatable bonds is 5. The van der Waals surface area contributed by atoms with E-state index in [0.717, 1.165) is 16.3 Å². The van der Waals surface area contributed by atoms with Crippen LogP contribution in [0.15, 0.2) is 34.5 Å². The Kier molecular flexibility index (Phi) is 4.88. The van der Waals surface area contributed by atoms with Gasteiger partial charge in [-0.1, -0.05) is 12.1 Å². The van der Waals surface area contributed by atoms with E-state index in [9.17, 15) is 21.6 Å². The minimum Gasteiger partial charge on any atom is -0.241 e. The number of thiazole rings is 1. The molecule has 0 radical (unpaired) electrons. The van der Waals surface area contributed by atoms with E-state index in [1.165, 1.54) is 23.5 Å². The van der Waals surface area contributed by atoms with Crippen LogP contribution in [0.1, 0.15) is 12.1 Å². The molecule has 0 fully saturated rings. The Hall–Kier alpha value is -1.45. The molecule has 0 saturated heterocycles. The number of hydrogen-bond donors (Lipinski definition) is 1. The first-order valence-corrected chi connectivity index (χ1v) is 8.63. The molecule has 2 aromatic rings. The lowest BCUT2D eigenvalue weighted by molar-refractivity contribution is -0.132. The van der Waals surface area contributed by atoms with Crippen LogP contribution in [-0.2, 0) is 10.0 Å². The van der Waals surface area contributed by atoms with E-state index in [1.807, 2.05) is 17.0 Å². The van der Waals surface area contributed by atoms with Crippen molar-refractivity contribution in [1.82, 2.24) is 9.71 Å². The van der Waals surface area contributed by atoms with Crippen LogP contribution in [0.4, 0.5) is 13.2 Å². The van der Waals surface area contributed by atoms with Crippen LogP contribution in [0.3, 0.4) is 0 Å². The van der Waals surface area contributed by atoms with Gasteiger partial charge in [0.1, 0.15) is 5.01 Å². The van der Waals surface area contributed by atoms with E-state index in [4.69, 9.17) is 0 Å². The second-order valence-electron chi connectivity index (χ2n) is 4.58. The van der Waals surface area contributed by atoms with Gasteiger partial charge in [-0.3, -0.25) is 0 Å². The summed E-state index contributed by atoms with van der Waals surface area (Å²) in [7, 11) is -3.94. The van der Waals surface area contributed by atoms with Gasteiger partial charge in [0.25, 0.3) is 0 Å². The highest BCUT2D eigenvalue weighted by Crippen LogP contribution is 2.25. The summed E-state index contributed by atoms with van der Waals surface area (Å²) < 4.78 is 61.8. The molecule has 0 unspecified atom stereocenters. The summed E-state index contributed by atoms with van der Waals surface area (Å²) in [6.07, 6.45) is -5.60. The molecule has 22 heavy (non-hydrogen) atoms. The molecular formula is C13H13F3N2O2S2. The molecule has 0 atom stereocenters. The molecule has 1 heterocycles. The van der Waals surface area contributed by atoms with Crippen LogP contribution in [0, 0.1) is 6.92 Å². The SMILES string of the molecule is Cc1csc(-c2ccc(S(=O)(=O)NCCC(F)(F)F)cc2)n1. The second-order valence-corrected chi connectivity index (χ2v) is 7.21. The maximum absolute atomic E-state index is 12.0.